The summed E-state index contributed by atoms with van der Waals surface area (Å²) in [5.41, 5.74) is 5.13. The van der Waals surface area contributed by atoms with Crippen LogP contribution in [-0.4, -0.2) is 26.8 Å². The number of nitrogens with one attached hydrogen (secondary N) is 2. The van der Waals surface area contributed by atoms with Crippen molar-refractivity contribution in [3.8, 4) is 0 Å². The molecule has 3 amide bonds. The molecule has 0 bridgehead atoms. The second-order valence-electron chi connectivity index (χ2n) is 5.83. The molecule has 26 heavy (non-hydrogen) atoms. The summed E-state index contributed by atoms with van der Waals surface area (Å²) in [6.45, 7) is 1.13. The van der Waals surface area contributed by atoms with Crippen LogP contribution in [-0.2, 0) is 13.1 Å². The first-order valence-corrected chi connectivity index (χ1v) is 8.84. The molecule has 0 saturated heterocycles. The molecule has 1 aliphatic heterocycles. The van der Waals surface area contributed by atoms with E-state index in [0.717, 1.165) is 11.1 Å². The van der Waals surface area contributed by atoms with E-state index in [4.69, 9.17) is 0 Å². The molecule has 1 aromatic carbocycles. The number of aromatic nitrogens is 2. The lowest BCUT2D eigenvalue weighted by atomic mass is 10.2. The first-order chi connectivity index (χ1) is 12.7. The van der Waals surface area contributed by atoms with Crippen molar-refractivity contribution in [3.05, 3.63) is 70.4 Å². The van der Waals surface area contributed by atoms with Crippen molar-refractivity contribution in [2.75, 3.05) is 10.6 Å². The van der Waals surface area contributed by atoms with Gasteiger partial charge in [-0.3, -0.25) is 14.8 Å². The average Bonchev–Trinajstić information content (AvgIpc) is 3.33. The lowest BCUT2D eigenvalue weighted by molar-refractivity contribution is 0.103. The number of carbonyl (C=O) groups excluding carboxylic acids is 2. The molecule has 1 aliphatic rings. The largest absolute Gasteiger partial charge is 0.322 e. The van der Waals surface area contributed by atoms with Gasteiger partial charge in [0.05, 0.1) is 11.7 Å². The average molecular weight is 365 g/mol. The van der Waals surface area contributed by atoms with Gasteiger partial charge in [-0.1, -0.05) is 0 Å². The summed E-state index contributed by atoms with van der Waals surface area (Å²) in [4.78, 5) is 34.7. The summed E-state index contributed by atoms with van der Waals surface area (Å²) in [6, 6.07) is 8.77. The number of amides is 3. The molecule has 0 radical (unpaired) electrons. The molecule has 3 aromatic rings. The van der Waals surface area contributed by atoms with E-state index < -0.39 is 0 Å². The van der Waals surface area contributed by atoms with E-state index in [2.05, 4.69) is 20.6 Å². The summed E-state index contributed by atoms with van der Waals surface area (Å²) in [5, 5.41) is 5.67. The number of anilines is 2. The van der Waals surface area contributed by atoms with Gasteiger partial charge in [0, 0.05) is 36.9 Å². The molecule has 7 nitrogen and oxygen atoms in total. The Hall–Kier alpha value is -3.26. The van der Waals surface area contributed by atoms with Crippen LogP contribution in [0.2, 0.25) is 0 Å². The van der Waals surface area contributed by atoms with E-state index in [-0.39, 0.29) is 11.9 Å². The Bertz CT molecular complexity index is 915. The quantitative estimate of drug-likeness (QED) is 0.745. The fraction of sp³-hybridized carbons (Fsp3) is 0.111. The van der Waals surface area contributed by atoms with Crippen molar-refractivity contribution >= 4 is 34.6 Å². The fourth-order valence-electron chi connectivity index (χ4n) is 2.72. The molecule has 8 heteroatoms. The van der Waals surface area contributed by atoms with Gasteiger partial charge in [-0.15, -0.1) is 11.3 Å². The standard InChI is InChI=1S/C18H15N5O2S/c24-17(16-8-20-11-26-16)21-14-1-3-15(4-2-14)22-18(25)23-9-12-5-6-19-7-13(12)10-23/h1-8,11H,9-10H2,(H,21,24)(H,22,25). The van der Waals surface area contributed by atoms with Crippen LogP contribution < -0.4 is 10.6 Å². The lowest BCUT2D eigenvalue weighted by Gasteiger charge is -2.16. The van der Waals surface area contributed by atoms with Gasteiger partial charge in [0.15, 0.2) is 0 Å². The Kier molecular flexibility index (Phi) is 4.32. The fourth-order valence-corrected chi connectivity index (χ4v) is 3.24. The third kappa shape index (κ3) is 3.40. The van der Waals surface area contributed by atoms with Crippen molar-refractivity contribution < 1.29 is 9.59 Å². The zero-order chi connectivity index (χ0) is 17.9. The maximum atomic E-state index is 12.4. The Morgan fingerprint density at radius 1 is 0.923 bits per heavy atom. The van der Waals surface area contributed by atoms with Crippen LogP contribution in [0.1, 0.15) is 20.8 Å². The third-order valence-electron chi connectivity index (χ3n) is 4.06. The molecule has 0 saturated carbocycles. The summed E-state index contributed by atoms with van der Waals surface area (Å²) in [7, 11) is 0. The molecule has 4 rings (SSSR count). The van der Waals surface area contributed by atoms with Crippen molar-refractivity contribution in [1.82, 2.24) is 14.9 Å². The zero-order valence-electron chi connectivity index (χ0n) is 13.7. The molecule has 130 valence electrons. The lowest BCUT2D eigenvalue weighted by Crippen LogP contribution is -2.30. The van der Waals surface area contributed by atoms with E-state index >= 15 is 0 Å². The molecular weight excluding hydrogens is 350 g/mol. The van der Waals surface area contributed by atoms with Gasteiger partial charge in [-0.2, -0.15) is 0 Å². The van der Waals surface area contributed by atoms with Gasteiger partial charge < -0.3 is 15.5 Å². The second-order valence-corrected chi connectivity index (χ2v) is 6.71. The number of fused-ring (bicyclic) bond motifs is 1. The third-order valence-corrected chi connectivity index (χ3v) is 4.84. The summed E-state index contributed by atoms with van der Waals surface area (Å²) < 4.78 is 0. The van der Waals surface area contributed by atoms with Crippen LogP contribution in [0, 0.1) is 0 Å². The highest BCUT2D eigenvalue weighted by Gasteiger charge is 2.23. The van der Waals surface area contributed by atoms with E-state index in [9.17, 15) is 9.59 Å². The van der Waals surface area contributed by atoms with Crippen LogP contribution in [0.5, 0.6) is 0 Å². The number of hydrogen-bond donors (Lipinski definition) is 2. The smallest absolute Gasteiger partial charge is 0.321 e. The molecule has 0 atom stereocenters. The molecule has 0 unspecified atom stereocenters. The minimum atomic E-state index is -0.201. The number of rotatable bonds is 3. The van der Waals surface area contributed by atoms with Crippen LogP contribution in [0.25, 0.3) is 0 Å². The number of thiazole rings is 1. The molecule has 0 aliphatic carbocycles. The van der Waals surface area contributed by atoms with Crippen LogP contribution in [0.3, 0.4) is 0 Å². The van der Waals surface area contributed by atoms with Gasteiger partial charge in [0.25, 0.3) is 5.91 Å². The maximum absolute atomic E-state index is 12.4. The molecule has 2 N–H and O–H groups in total. The van der Waals surface area contributed by atoms with Crippen LogP contribution in [0.4, 0.5) is 16.2 Å². The van der Waals surface area contributed by atoms with Gasteiger partial charge in [-0.05, 0) is 41.5 Å². The number of carbonyl (C=O) groups is 2. The van der Waals surface area contributed by atoms with Crippen molar-refractivity contribution in [1.29, 1.82) is 0 Å². The molecular formula is C18H15N5O2S. The van der Waals surface area contributed by atoms with E-state index in [1.165, 1.54) is 17.5 Å². The summed E-state index contributed by atoms with van der Waals surface area (Å²) >= 11 is 1.28. The highest BCUT2D eigenvalue weighted by Crippen LogP contribution is 2.22. The topological polar surface area (TPSA) is 87.2 Å². The zero-order valence-corrected chi connectivity index (χ0v) is 14.5. The minimum absolute atomic E-state index is 0.164. The number of hydrogen-bond acceptors (Lipinski definition) is 5. The van der Waals surface area contributed by atoms with E-state index in [1.807, 2.05) is 6.07 Å². The number of nitrogens with zero attached hydrogens (tertiary/aromatic N) is 3. The Labute approximate surface area is 153 Å². The highest BCUT2D eigenvalue weighted by molar-refractivity contribution is 7.11. The van der Waals surface area contributed by atoms with Crippen molar-refractivity contribution in [2.24, 2.45) is 0 Å². The monoisotopic (exact) mass is 365 g/mol. The Balaban J connectivity index is 1.36. The molecule has 0 spiro atoms. The Morgan fingerprint density at radius 2 is 1.65 bits per heavy atom. The predicted octanol–water partition coefficient (Wildman–Crippen LogP) is 3.34. The van der Waals surface area contributed by atoms with Crippen LogP contribution >= 0.6 is 11.3 Å². The van der Waals surface area contributed by atoms with Crippen LogP contribution in [0.15, 0.2) is 54.4 Å². The summed E-state index contributed by atoms with van der Waals surface area (Å²) in [5.74, 6) is -0.201. The SMILES string of the molecule is O=C(Nc1ccc(NC(=O)N2Cc3ccncc3C2)cc1)c1cncs1. The predicted molar refractivity (Wildman–Crippen MR) is 99.0 cm³/mol. The van der Waals surface area contributed by atoms with E-state index in [0.29, 0.717) is 29.3 Å². The molecule has 2 aromatic heterocycles. The highest BCUT2D eigenvalue weighted by atomic mass is 32.1. The maximum Gasteiger partial charge on any atom is 0.322 e. The van der Waals surface area contributed by atoms with Crippen molar-refractivity contribution in [2.45, 2.75) is 13.1 Å². The Morgan fingerprint density at radius 3 is 2.35 bits per heavy atom. The number of urea groups is 1. The van der Waals surface area contributed by atoms with E-state index in [1.54, 1.807) is 47.1 Å². The second kappa shape index (κ2) is 6.93. The van der Waals surface area contributed by atoms with Gasteiger partial charge in [0.1, 0.15) is 4.88 Å². The number of benzene rings is 1. The van der Waals surface area contributed by atoms with Gasteiger partial charge in [-0.25, -0.2) is 4.79 Å². The molecule has 3 heterocycles. The van der Waals surface area contributed by atoms with Gasteiger partial charge >= 0.3 is 6.03 Å². The normalized spacial score (nSPS) is 12.5. The minimum Gasteiger partial charge on any atom is -0.321 e. The first-order valence-electron chi connectivity index (χ1n) is 7.96. The first kappa shape index (κ1) is 16.2. The molecule has 0 fully saturated rings. The summed E-state index contributed by atoms with van der Waals surface area (Å²) in [6.07, 6.45) is 5.06. The van der Waals surface area contributed by atoms with Gasteiger partial charge in [0.2, 0.25) is 0 Å². The number of pyridine rings is 1. The van der Waals surface area contributed by atoms with Crippen molar-refractivity contribution in [3.63, 3.8) is 0 Å².